The molecule has 0 saturated heterocycles. The Morgan fingerprint density at radius 2 is 0.449 bits per heavy atom. The Bertz CT molecular complexity index is 4530. The van der Waals surface area contributed by atoms with E-state index in [1.54, 1.807) is 12.1 Å². The van der Waals surface area contributed by atoms with Crippen LogP contribution in [0.25, 0.3) is 66.8 Å². The van der Waals surface area contributed by atoms with Gasteiger partial charge in [-0.1, -0.05) is 255 Å². The van der Waals surface area contributed by atoms with E-state index in [0.29, 0.717) is 9.79 Å². The molecule has 1 aliphatic heterocycles. The molecule has 17 rings (SSSR count). The molecule has 0 saturated carbocycles. The first-order valence-electron chi connectivity index (χ1n) is 27.0. The van der Waals surface area contributed by atoms with Gasteiger partial charge in [-0.2, -0.15) is 0 Å². The van der Waals surface area contributed by atoms with Crippen molar-refractivity contribution in [1.29, 1.82) is 0 Å². The van der Waals surface area contributed by atoms with E-state index in [1.165, 1.54) is 89.0 Å². The summed E-state index contributed by atoms with van der Waals surface area (Å²) in [6.07, 6.45) is 0. The summed E-state index contributed by atoms with van der Waals surface area (Å²) < 4.78 is 28.9. The fourth-order valence-corrected chi connectivity index (χ4v) is 17.2. The van der Waals surface area contributed by atoms with Crippen LogP contribution in [0.1, 0.15) is 66.8 Å². The lowest BCUT2D eigenvalue weighted by molar-refractivity contribution is 0.580. The zero-order valence-electron chi connectivity index (χ0n) is 42.3. The van der Waals surface area contributed by atoms with Crippen LogP contribution in [0.4, 0.5) is 0 Å². The van der Waals surface area contributed by atoms with Crippen LogP contribution < -0.4 is 0 Å². The van der Waals surface area contributed by atoms with Crippen molar-refractivity contribution in [2.75, 3.05) is 0 Å². The predicted octanol–water partition coefficient (Wildman–Crippen LogP) is 17.2. The van der Waals surface area contributed by atoms with Gasteiger partial charge in [0.05, 0.1) is 26.0 Å². The van der Waals surface area contributed by atoms with Gasteiger partial charge in [-0.3, -0.25) is 0 Å². The smallest absolute Gasteiger partial charge is 0.207 e. The Hall–Kier alpha value is -9.41. The maximum absolute atomic E-state index is 14.4. The van der Waals surface area contributed by atoms with Crippen LogP contribution in [0.5, 0.6) is 0 Å². The summed E-state index contributed by atoms with van der Waals surface area (Å²) in [4.78, 5) is 0.731. The molecule has 0 atom stereocenters. The van der Waals surface area contributed by atoms with E-state index in [4.69, 9.17) is 0 Å². The zero-order chi connectivity index (χ0) is 51.5. The van der Waals surface area contributed by atoms with Crippen molar-refractivity contribution < 1.29 is 8.42 Å². The topological polar surface area (TPSA) is 34.1 Å². The van der Waals surface area contributed by atoms with Gasteiger partial charge in [0.1, 0.15) is 0 Å². The van der Waals surface area contributed by atoms with E-state index < -0.39 is 26.1 Å². The third-order valence-corrected chi connectivity index (χ3v) is 20.3. The van der Waals surface area contributed by atoms with Gasteiger partial charge in [0.25, 0.3) is 0 Å². The van der Waals surface area contributed by atoms with Crippen LogP contribution in [-0.2, 0) is 26.1 Å². The molecule has 3 heteroatoms. The van der Waals surface area contributed by atoms with Gasteiger partial charge >= 0.3 is 0 Å². The summed E-state index contributed by atoms with van der Waals surface area (Å²) in [5.74, 6) is 0. The molecule has 4 aliphatic carbocycles. The molecule has 12 aromatic rings. The number of sulfone groups is 1. The Morgan fingerprint density at radius 1 is 0.205 bits per heavy atom. The van der Waals surface area contributed by atoms with Crippen LogP contribution in [-0.4, -0.2) is 8.42 Å². The number of hydrogen-bond donors (Lipinski definition) is 0. The highest BCUT2D eigenvalue weighted by atomic mass is 32.2. The minimum atomic E-state index is -3.77. The normalized spacial score (nSPS) is 15.7. The molecule has 12 aromatic carbocycles. The maximum atomic E-state index is 14.4. The first-order chi connectivity index (χ1) is 38.4. The van der Waals surface area contributed by atoms with Gasteiger partial charge < -0.3 is 0 Å². The highest BCUT2D eigenvalue weighted by molar-refractivity contribution is 7.91. The van der Waals surface area contributed by atoms with Gasteiger partial charge in [0, 0.05) is 0 Å². The number of hydrogen-bond acceptors (Lipinski definition) is 2. The molecular formula is C75H46O2S. The van der Waals surface area contributed by atoms with E-state index in [1.807, 2.05) is 36.4 Å². The molecule has 0 unspecified atom stereocenters. The predicted molar refractivity (Wildman–Crippen MR) is 314 cm³/mol. The summed E-state index contributed by atoms with van der Waals surface area (Å²) in [6, 6.07) is 101. The van der Waals surface area contributed by atoms with Gasteiger partial charge in [-0.15, -0.1) is 0 Å². The Balaban J connectivity index is 0.811. The van der Waals surface area contributed by atoms with Crippen molar-refractivity contribution in [3.05, 3.63) is 346 Å². The maximum Gasteiger partial charge on any atom is 0.207 e. The molecule has 2 nitrogen and oxygen atoms in total. The van der Waals surface area contributed by atoms with Crippen molar-refractivity contribution >= 4 is 9.84 Å². The fraction of sp³-hybridized carbons (Fsp3) is 0.0400. The van der Waals surface area contributed by atoms with Crippen LogP contribution in [0, 0.1) is 0 Å². The van der Waals surface area contributed by atoms with Crippen LogP contribution >= 0.6 is 0 Å². The lowest BCUT2D eigenvalue weighted by Crippen LogP contribution is -2.35. The van der Waals surface area contributed by atoms with E-state index in [9.17, 15) is 8.42 Å². The van der Waals surface area contributed by atoms with Gasteiger partial charge in [0.2, 0.25) is 9.84 Å². The Morgan fingerprint density at radius 3 is 0.782 bits per heavy atom. The van der Waals surface area contributed by atoms with Crippen LogP contribution in [0.2, 0.25) is 0 Å². The van der Waals surface area contributed by atoms with Gasteiger partial charge in [-0.25, -0.2) is 8.42 Å². The second-order valence-electron chi connectivity index (χ2n) is 21.7. The molecule has 1 heterocycles. The molecule has 0 amide bonds. The van der Waals surface area contributed by atoms with Crippen molar-refractivity contribution in [2.45, 2.75) is 26.0 Å². The largest absolute Gasteiger partial charge is 0.218 e. The van der Waals surface area contributed by atoms with Crippen molar-refractivity contribution in [3.8, 4) is 66.8 Å². The summed E-state index contributed by atoms with van der Waals surface area (Å²) in [6.45, 7) is 0. The average Bonchev–Trinajstić information content (AvgIpc) is 3.26. The Kier molecular flexibility index (Phi) is 8.76. The van der Waals surface area contributed by atoms with Crippen molar-refractivity contribution in [2.24, 2.45) is 0 Å². The summed E-state index contributed by atoms with van der Waals surface area (Å²) >= 11 is 0. The number of rotatable bonds is 4. The van der Waals surface area contributed by atoms with Gasteiger partial charge in [-0.05, 0) is 158 Å². The van der Waals surface area contributed by atoms with Crippen LogP contribution in [0.15, 0.2) is 289 Å². The lowest BCUT2D eigenvalue weighted by atomic mass is 9.67. The third-order valence-electron chi connectivity index (χ3n) is 18.5. The number of fused-ring (bicyclic) bond motifs is 22. The second-order valence-corrected chi connectivity index (χ2v) is 23.6. The molecule has 78 heavy (non-hydrogen) atoms. The minimum absolute atomic E-state index is 0.365. The lowest BCUT2D eigenvalue weighted by Gasteiger charge is -2.39. The zero-order valence-corrected chi connectivity index (χ0v) is 43.1. The molecule has 5 aliphatic rings. The monoisotopic (exact) mass is 1010 g/mol. The minimum Gasteiger partial charge on any atom is -0.218 e. The summed E-state index contributed by atoms with van der Waals surface area (Å²) in [5, 5.41) is 0. The second kappa shape index (κ2) is 15.6. The standard InChI is InChI=1S/C75H46O2S/c76-78(77)71-31-15-13-29-67(71)75(68-30-14-16-32-72(68)78)66-28-12-6-22-58(66)60-44-38-50(46-70(60)75)48-35-41-52(42-36-48)73(61-23-7-1-17-53(61)54-18-2-8-24-62(54)73)51-39-33-47(34-40-51)49-37-43-59-57-21-5-11-27-65(57)74(69(59)45-49)63-25-9-3-19-55(63)56-20-4-10-26-64(56)74/h1-46H. The van der Waals surface area contributed by atoms with Crippen molar-refractivity contribution in [3.63, 3.8) is 0 Å². The highest BCUT2D eigenvalue weighted by Gasteiger charge is 2.54. The molecule has 0 fully saturated rings. The fourth-order valence-electron chi connectivity index (χ4n) is 15.4. The molecule has 0 bridgehead atoms. The van der Waals surface area contributed by atoms with Crippen molar-refractivity contribution in [1.82, 2.24) is 0 Å². The molecule has 2 spiro atoms. The molecular weight excluding hydrogens is 965 g/mol. The summed E-state index contributed by atoms with van der Waals surface area (Å²) in [7, 11) is -3.77. The molecule has 0 radical (unpaired) electrons. The third kappa shape index (κ3) is 5.30. The first-order valence-corrected chi connectivity index (χ1v) is 28.5. The molecule has 0 aromatic heterocycles. The number of benzene rings is 12. The van der Waals surface area contributed by atoms with Gasteiger partial charge in [0.15, 0.2) is 0 Å². The van der Waals surface area contributed by atoms with E-state index in [-0.39, 0.29) is 0 Å². The average molecular weight is 1010 g/mol. The van der Waals surface area contributed by atoms with E-state index in [0.717, 1.165) is 44.5 Å². The Labute approximate surface area is 454 Å². The SMILES string of the molecule is O=S1(=O)c2ccccc2C2(c3ccccc3-c3ccc(-c4ccc(C5(c6ccc(-c7ccc8c(c7)C7(c9ccccc9-c9ccccc97)c7ccccc7-8)cc6)c6ccccc6-c6ccccc65)cc4)cc32)c2ccccc21. The van der Waals surface area contributed by atoms with Crippen LogP contribution in [0.3, 0.4) is 0 Å². The quantitative estimate of drug-likeness (QED) is 0.176. The molecule has 0 N–H and O–H groups in total. The summed E-state index contributed by atoms with van der Waals surface area (Å²) in [5.41, 5.74) is 26.8. The van der Waals surface area contributed by atoms with E-state index >= 15 is 0 Å². The first kappa shape index (κ1) is 43.8. The van der Waals surface area contributed by atoms with E-state index in [2.05, 4.69) is 231 Å². The molecule has 364 valence electrons. The highest BCUT2D eigenvalue weighted by Crippen LogP contribution is 2.65.